The quantitative estimate of drug-likeness (QED) is 0.346. The van der Waals surface area contributed by atoms with E-state index in [2.05, 4.69) is 12.2 Å². The number of methoxy groups -OCH3 is 1. The zero-order valence-electron chi connectivity index (χ0n) is 23.1. The van der Waals surface area contributed by atoms with Gasteiger partial charge in [0.15, 0.2) is 0 Å². The molecule has 0 fully saturated rings. The smallest absolute Gasteiger partial charge is 0.261 e. The van der Waals surface area contributed by atoms with Crippen LogP contribution in [0.5, 0.6) is 5.75 Å². The summed E-state index contributed by atoms with van der Waals surface area (Å²) in [5.74, 6) is 0.875. The first kappa shape index (κ1) is 25.4. The zero-order valence-corrected chi connectivity index (χ0v) is 23.1. The van der Waals surface area contributed by atoms with Gasteiger partial charge in [0.05, 0.1) is 40.7 Å². The van der Waals surface area contributed by atoms with E-state index >= 15 is 0 Å². The number of aromatic nitrogens is 2. The second-order valence-electron chi connectivity index (χ2n) is 10.1. The molecule has 0 saturated carbocycles. The Morgan fingerprint density at radius 1 is 0.950 bits per heavy atom. The number of benzene rings is 2. The monoisotopic (exact) mass is 533 g/mol. The molecule has 0 unspecified atom stereocenters. The molecule has 40 heavy (non-hydrogen) atoms. The number of fused-ring (bicyclic) bond motifs is 2. The van der Waals surface area contributed by atoms with Crippen molar-refractivity contribution in [2.45, 2.75) is 19.8 Å². The molecule has 0 aliphatic carbocycles. The summed E-state index contributed by atoms with van der Waals surface area (Å²) in [6, 6.07) is 21.4. The first-order valence-corrected chi connectivity index (χ1v) is 13.4. The number of pyridine rings is 1. The van der Waals surface area contributed by atoms with Crippen LogP contribution in [-0.4, -0.2) is 53.8 Å². The number of hydrogen-bond donors (Lipinski definition) is 1. The summed E-state index contributed by atoms with van der Waals surface area (Å²) in [6.45, 7) is 2.62. The molecule has 0 bridgehead atoms. The van der Waals surface area contributed by atoms with E-state index in [4.69, 9.17) is 9.72 Å². The maximum Gasteiger partial charge on any atom is 0.261 e. The van der Waals surface area contributed by atoms with Gasteiger partial charge in [-0.1, -0.05) is 43.7 Å². The average Bonchev–Trinajstić information content (AvgIpc) is 3.61. The Labute approximate surface area is 233 Å². The van der Waals surface area contributed by atoms with Crippen LogP contribution in [0.15, 0.2) is 84.1 Å². The van der Waals surface area contributed by atoms with Crippen molar-refractivity contribution in [2.24, 2.45) is 0 Å². The third kappa shape index (κ3) is 3.95. The Hall–Kier alpha value is -4.85. The number of amides is 2. The first-order chi connectivity index (χ1) is 19.4. The van der Waals surface area contributed by atoms with Crippen molar-refractivity contribution in [3.8, 4) is 17.1 Å². The molecule has 4 heterocycles. The van der Waals surface area contributed by atoms with Crippen LogP contribution >= 0.6 is 0 Å². The normalized spacial score (nSPS) is 14.8. The molecule has 2 amide bonds. The SMILES string of the molecule is CCCCN1C(=O)C2=C(c3nc(-c4ccccc4OC)n4ccccc34)NC(=O)C2=C1c1ccc(N(C)C)cc1. The third-order valence-electron chi connectivity index (χ3n) is 7.46. The molecule has 0 radical (unpaired) electrons. The van der Waals surface area contributed by atoms with Crippen molar-refractivity contribution < 1.29 is 14.3 Å². The third-order valence-corrected chi connectivity index (χ3v) is 7.46. The molecule has 8 nitrogen and oxygen atoms in total. The second kappa shape index (κ2) is 10.0. The minimum atomic E-state index is -0.292. The van der Waals surface area contributed by atoms with Crippen LogP contribution in [0.1, 0.15) is 31.0 Å². The maximum atomic E-state index is 14.1. The van der Waals surface area contributed by atoms with Crippen molar-refractivity contribution in [1.29, 1.82) is 0 Å². The lowest BCUT2D eigenvalue weighted by Gasteiger charge is -2.22. The number of rotatable bonds is 8. The Bertz CT molecular complexity index is 1710. The van der Waals surface area contributed by atoms with Gasteiger partial charge < -0.3 is 19.9 Å². The number of carbonyl (C=O) groups is 2. The van der Waals surface area contributed by atoms with Crippen LogP contribution in [0.4, 0.5) is 5.69 Å². The lowest BCUT2D eigenvalue weighted by molar-refractivity contribution is -0.123. The highest BCUT2D eigenvalue weighted by Gasteiger charge is 2.46. The van der Waals surface area contributed by atoms with E-state index < -0.39 is 0 Å². The summed E-state index contributed by atoms with van der Waals surface area (Å²) in [5, 5.41) is 3.01. The van der Waals surface area contributed by atoms with Crippen LogP contribution in [-0.2, 0) is 9.59 Å². The van der Waals surface area contributed by atoms with Crippen LogP contribution in [0, 0.1) is 0 Å². The predicted molar refractivity (Wildman–Crippen MR) is 157 cm³/mol. The van der Waals surface area contributed by atoms with E-state index in [0.29, 0.717) is 46.4 Å². The van der Waals surface area contributed by atoms with Gasteiger partial charge in [0.2, 0.25) is 0 Å². The summed E-state index contributed by atoms with van der Waals surface area (Å²) < 4.78 is 7.58. The fourth-order valence-electron chi connectivity index (χ4n) is 5.45. The number of unbranched alkanes of at least 4 members (excludes halogenated alkanes) is 1. The van der Waals surface area contributed by atoms with Gasteiger partial charge in [0.25, 0.3) is 11.8 Å². The molecule has 8 heteroatoms. The Morgan fingerprint density at radius 3 is 2.42 bits per heavy atom. The minimum Gasteiger partial charge on any atom is -0.496 e. The van der Waals surface area contributed by atoms with Crippen LogP contribution in [0.25, 0.3) is 28.3 Å². The van der Waals surface area contributed by atoms with Crippen molar-refractivity contribution in [2.75, 3.05) is 32.6 Å². The Kier molecular flexibility index (Phi) is 6.38. The number of carbonyl (C=O) groups excluding carboxylic acids is 2. The van der Waals surface area contributed by atoms with Crippen molar-refractivity contribution in [3.63, 3.8) is 0 Å². The molecule has 6 rings (SSSR count). The summed E-state index contributed by atoms with van der Waals surface area (Å²) in [7, 11) is 5.59. The maximum absolute atomic E-state index is 14.1. The molecule has 2 aromatic heterocycles. The van der Waals surface area contributed by atoms with E-state index in [-0.39, 0.29) is 11.8 Å². The zero-order chi connectivity index (χ0) is 28.0. The minimum absolute atomic E-state index is 0.181. The predicted octanol–water partition coefficient (Wildman–Crippen LogP) is 4.97. The van der Waals surface area contributed by atoms with Crippen molar-refractivity contribution in [3.05, 3.63) is 95.3 Å². The van der Waals surface area contributed by atoms with Crippen LogP contribution in [0.2, 0.25) is 0 Å². The van der Waals surface area contributed by atoms with E-state index in [0.717, 1.165) is 35.2 Å². The van der Waals surface area contributed by atoms with Gasteiger partial charge in [-0.15, -0.1) is 0 Å². The van der Waals surface area contributed by atoms with Gasteiger partial charge in [-0.05, 0) is 48.4 Å². The number of hydrogen-bond acceptors (Lipinski definition) is 5. The highest BCUT2D eigenvalue weighted by molar-refractivity contribution is 6.30. The highest BCUT2D eigenvalue weighted by Crippen LogP contribution is 2.44. The molecule has 1 N–H and O–H groups in total. The van der Waals surface area contributed by atoms with E-state index in [9.17, 15) is 9.59 Å². The standard InChI is InChI=1S/C32H31N5O3/c1-5-6-18-37-29(20-14-16-21(17-15-20)35(2)3)26-25(32(37)39)28(34-31(26)38)27-23-12-9-10-19-36(23)30(33-27)22-11-7-8-13-24(22)40-4/h7-17,19H,5-6,18H2,1-4H3,(H,34,38). The van der Waals surface area contributed by atoms with Gasteiger partial charge in [-0.2, -0.15) is 0 Å². The van der Waals surface area contributed by atoms with Crippen molar-refractivity contribution in [1.82, 2.24) is 19.6 Å². The molecule has 202 valence electrons. The molecule has 2 aromatic carbocycles. The Morgan fingerprint density at radius 2 is 1.70 bits per heavy atom. The number of nitrogens with one attached hydrogen (secondary N) is 1. The van der Waals surface area contributed by atoms with Crippen molar-refractivity contribution >= 4 is 34.4 Å². The fourth-order valence-corrected chi connectivity index (χ4v) is 5.45. The molecule has 0 atom stereocenters. The average molecular weight is 534 g/mol. The molecular formula is C32H31N5O3. The molecule has 4 aromatic rings. The molecule has 2 aliphatic rings. The van der Waals surface area contributed by atoms with Gasteiger partial charge in [0.1, 0.15) is 17.3 Å². The van der Waals surface area contributed by atoms with E-state index in [1.165, 1.54) is 0 Å². The van der Waals surface area contributed by atoms with Gasteiger partial charge in [-0.3, -0.25) is 14.0 Å². The van der Waals surface area contributed by atoms with E-state index in [1.807, 2.05) is 96.3 Å². The molecule has 0 spiro atoms. The Balaban J connectivity index is 1.57. The second-order valence-corrected chi connectivity index (χ2v) is 10.1. The summed E-state index contributed by atoms with van der Waals surface area (Å²) >= 11 is 0. The lowest BCUT2D eigenvalue weighted by atomic mass is 10.0. The van der Waals surface area contributed by atoms with Crippen LogP contribution < -0.4 is 15.0 Å². The van der Waals surface area contributed by atoms with Gasteiger partial charge in [0, 0.05) is 32.5 Å². The highest BCUT2D eigenvalue weighted by atomic mass is 16.5. The van der Waals surface area contributed by atoms with Gasteiger partial charge >= 0.3 is 0 Å². The molecular weight excluding hydrogens is 502 g/mol. The lowest BCUT2D eigenvalue weighted by Crippen LogP contribution is -2.28. The van der Waals surface area contributed by atoms with E-state index in [1.54, 1.807) is 12.0 Å². The molecule has 0 saturated heterocycles. The molecule has 2 aliphatic heterocycles. The summed E-state index contributed by atoms with van der Waals surface area (Å²) in [5.41, 5.74) is 5.90. The summed E-state index contributed by atoms with van der Waals surface area (Å²) in [4.78, 5) is 36.5. The van der Waals surface area contributed by atoms with Crippen LogP contribution in [0.3, 0.4) is 0 Å². The van der Waals surface area contributed by atoms with Gasteiger partial charge in [-0.25, -0.2) is 4.98 Å². The topological polar surface area (TPSA) is 79.2 Å². The number of nitrogens with zero attached hydrogens (tertiary/aromatic N) is 4. The fraction of sp³-hybridized carbons (Fsp3) is 0.219. The number of para-hydroxylation sites is 1. The number of ether oxygens (including phenoxy) is 1. The summed E-state index contributed by atoms with van der Waals surface area (Å²) in [6.07, 6.45) is 3.68. The number of anilines is 1. The number of imidazole rings is 1. The largest absolute Gasteiger partial charge is 0.496 e. The first-order valence-electron chi connectivity index (χ1n) is 13.4.